The van der Waals surface area contributed by atoms with Gasteiger partial charge in [-0.05, 0) is 42.0 Å². The van der Waals surface area contributed by atoms with Crippen molar-refractivity contribution in [3.05, 3.63) is 70.8 Å². The van der Waals surface area contributed by atoms with Gasteiger partial charge < -0.3 is 9.64 Å². The van der Waals surface area contributed by atoms with Crippen molar-refractivity contribution in [3.63, 3.8) is 0 Å². The van der Waals surface area contributed by atoms with Gasteiger partial charge in [-0.3, -0.25) is 0 Å². The van der Waals surface area contributed by atoms with E-state index in [0.29, 0.717) is 11.3 Å². The molecule has 4 rings (SSSR count). The molecule has 4 nitrogen and oxygen atoms in total. The highest BCUT2D eigenvalue weighted by Gasteiger charge is 2.24. The zero-order chi connectivity index (χ0) is 17.4. The van der Waals surface area contributed by atoms with Crippen molar-refractivity contribution >= 4 is 45.0 Å². The quantitative estimate of drug-likeness (QED) is 0.521. The van der Waals surface area contributed by atoms with Gasteiger partial charge in [0.25, 0.3) is 0 Å². The van der Waals surface area contributed by atoms with Crippen LogP contribution in [0, 0.1) is 0 Å². The number of rotatable bonds is 3. The molecule has 0 aliphatic carbocycles. The summed E-state index contributed by atoms with van der Waals surface area (Å²) in [4.78, 5) is 18.8. The molecular formula is C20H16N2O2S. The van der Waals surface area contributed by atoms with Crippen LogP contribution in [0.2, 0.25) is 0 Å². The number of carbonyl (C=O) groups excluding carboxylic acids is 1. The Balaban J connectivity index is 1.65. The number of hydrogen-bond donors (Lipinski definition) is 0. The first kappa shape index (κ1) is 15.6. The van der Waals surface area contributed by atoms with Gasteiger partial charge in [-0.25, -0.2) is 9.78 Å². The van der Waals surface area contributed by atoms with E-state index in [9.17, 15) is 4.79 Å². The molecule has 2 heterocycles. The van der Waals surface area contributed by atoms with Gasteiger partial charge in [0.1, 0.15) is 0 Å². The normalized spacial score (nSPS) is 15.5. The molecule has 0 radical (unpaired) electrons. The standard InChI is InChI=1S/C20H16N2O2S/c1-22(2)15-9-7-13(8-10-15)11-14-12-17(24-20(14)23)19-21-16-5-3-4-6-18(16)25-19/h3-12H,1-2H3/b14-11+. The predicted octanol–water partition coefficient (Wildman–Crippen LogP) is 4.34. The monoisotopic (exact) mass is 348 g/mol. The number of hydrogen-bond acceptors (Lipinski definition) is 5. The maximum Gasteiger partial charge on any atom is 0.343 e. The topological polar surface area (TPSA) is 42.4 Å². The Hall–Kier alpha value is -2.92. The van der Waals surface area contributed by atoms with Crippen LogP contribution in [-0.2, 0) is 9.53 Å². The molecule has 0 saturated heterocycles. The molecule has 0 fully saturated rings. The number of benzene rings is 2. The van der Waals surface area contributed by atoms with E-state index in [4.69, 9.17) is 4.74 Å². The number of para-hydroxylation sites is 1. The zero-order valence-corrected chi connectivity index (χ0v) is 14.7. The van der Waals surface area contributed by atoms with Crippen molar-refractivity contribution in [3.8, 4) is 0 Å². The summed E-state index contributed by atoms with van der Waals surface area (Å²) < 4.78 is 6.49. The molecule has 1 aliphatic rings. The molecule has 2 aromatic carbocycles. The number of esters is 1. The number of carbonyl (C=O) groups is 1. The molecule has 0 atom stereocenters. The number of nitrogens with zero attached hydrogens (tertiary/aromatic N) is 2. The second kappa shape index (κ2) is 6.18. The number of thiazole rings is 1. The van der Waals surface area contributed by atoms with Crippen LogP contribution in [0.4, 0.5) is 5.69 Å². The number of fused-ring (bicyclic) bond motifs is 1. The molecule has 0 unspecified atom stereocenters. The van der Waals surface area contributed by atoms with E-state index >= 15 is 0 Å². The van der Waals surface area contributed by atoms with Crippen LogP contribution in [0.25, 0.3) is 22.1 Å². The third kappa shape index (κ3) is 3.06. The van der Waals surface area contributed by atoms with Crippen LogP contribution < -0.4 is 4.90 Å². The van der Waals surface area contributed by atoms with Crippen LogP contribution in [0.15, 0.2) is 60.2 Å². The minimum absolute atomic E-state index is 0.342. The molecule has 124 valence electrons. The Bertz CT molecular complexity index is 981. The molecule has 0 spiro atoms. The third-order valence-electron chi connectivity index (χ3n) is 3.96. The van der Waals surface area contributed by atoms with Gasteiger partial charge in [0, 0.05) is 19.8 Å². The summed E-state index contributed by atoms with van der Waals surface area (Å²) in [6.07, 6.45) is 3.60. The second-order valence-corrected chi connectivity index (χ2v) is 7.00. The maximum absolute atomic E-state index is 12.2. The van der Waals surface area contributed by atoms with E-state index in [1.165, 1.54) is 11.3 Å². The van der Waals surface area contributed by atoms with Gasteiger partial charge in [-0.2, -0.15) is 0 Å². The lowest BCUT2D eigenvalue weighted by Crippen LogP contribution is -2.07. The van der Waals surface area contributed by atoms with Gasteiger partial charge in [0.2, 0.25) is 0 Å². The molecule has 5 heteroatoms. The summed E-state index contributed by atoms with van der Waals surface area (Å²) in [5, 5.41) is 0.723. The lowest BCUT2D eigenvalue weighted by atomic mass is 10.1. The molecule has 0 amide bonds. The van der Waals surface area contributed by atoms with E-state index in [1.54, 1.807) is 6.08 Å². The maximum atomic E-state index is 12.2. The van der Waals surface area contributed by atoms with Crippen LogP contribution >= 0.6 is 11.3 Å². The van der Waals surface area contributed by atoms with Gasteiger partial charge in [0.15, 0.2) is 10.8 Å². The summed E-state index contributed by atoms with van der Waals surface area (Å²) in [5.74, 6) is 0.174. The average Bonchev–Trinajstić information content (AvgIpc) is 3.19. The molecule has 0 saturated carbocycles. The Kier molecular flexibility index (Phi) is 3.86. The average molecular weight is 348 g/mol. The fraction of sp³-hybridized carbons (Fsp3) is 0.100. The van der Waals surface area contributed by atoms with Gasteiger partial charge >= 0.3 is 5.97 Å². The summed E-state index contributed by atoms with van der Waals surface area (Å²) in [6.45, 7) is 0. The van der Waals surface area contributed by atoms with Gasteiger partial charge in [-0.15, -0.1) is 11.3 Å². The third-order valence-corrected chi connectivity index (χ3v) is 5.01. The largest absolute Gasteiger partial charge is 0.420 e. The van der Waals surface area contributed by atoms with E-state index < -0.39 is 0 Å². The SMILES string of the molecule is CN(C)c1ccc(/C=C2\C=C(c3nc4ccccc4s3)OC2=O)cc1. The minimum atomic E-state index is -0.342. The molecule has 1 aliphatic heterocycles. The lowest BCUT2D eigenvalue weighted by molar-refractivity contribution is -0.130. The zero-order valence-electron chi connectivity index (χ0n) is 13.9. The first-order chi connectivity index (χ1) is 12.1. The number of ether oxygens (including phenoxy) is 1. The lowest BCUT2D eigenvalue weighted by Gasteiger charge is -2.11. The fourth-order valence-electron chi connectivity index (χ4n) is 2.62. The van der Waals surface area contributed by atoms with Gasteiger partial charge in [0.05, 0.1) is 15.8 Å². The van der Waals surface area contributed by atoms with Crippen molar-refractivity contribution in [1.82, 2.24) is 4.98 Å². The molecule has 3 aromatic rings. The van der Waals surface area contributed by atoms with Crippen molar-refractivity contribution in [2.75, 3.05) is 19.0 Å². The van der Waals surface area contributed by atoms with E-state index in [-0.39, 0.29) is 5.97 Å². The molecule has 0 N–H and O–H groups in total. The van der Waals surface area contributed by atoms with E-state index in [0.717, 1.165) is 26.5 Å². The summed E-state index contributed by atoms with van der Waals surface area (Å²) in [6, 6.07) is 15.9. The van der Waals surface area contributed by atoms with Crippen molar-refractivity contribution in [2.45, 2.75) is 0 Å². The summed E-state index contributed by atoms with van der Waals surface area (Å²) >= 11 is 1.52. The van der Waals surface area contributed by atoms with Crippen LogP contribution in [0.5, 0.6) is 0 Å². The van der Waals surface area contributed by atoms with Gasteiger partial charge in [-0.1, -0.05) is 24.3 Å². The van der Waals surface area contributed by atoms with Crippen LogP contribution in [0.3, 0.4) is 0 Å². The van der Waals surface area contributed by atoms with Crippen LogP contribution in [0.1, 0.15) is 10.6 Å². The van der Waals surface area contributed by atoms with Crippen LogP contribution in [-0.4, -0.2) is 25.0 Å². The molecular weight excluding hydrogens is 332 g/mol. The molecule has 25 heavy (non-hydrogen) atoms. The fourth-order valence-corrected chi connectivity index (χ4v) is 3.54. The molecule has 0 bridgehead atoms. The number of aromatic nitrogens is 1. The Morgan fingerprint density at radius 1 is 1.08 bits per heavy atom. The Labute approximate surface area is 149 Å². The van der Waals surface area contributed by atoms with Crippen molar-refractivity contribution in [2.24, 2.45) is 0 Å². The number of cyclic esters (lactones) is 1. The predicted molar refractivity (Wildman–Crippen MR) is 102 cm³/mol. The summed E-state index contributed by atoms with van der Waals surface area (Å²) in [5.41, 5.74) is 3.52. The molecule has 1 aromatic heterocycles. The highest BCUT2D eigenvalue weighted by Crippen LogP contribution is 2.32. The highest BCUT2D eigenvalue weighted by molar-refractivity contribution is 7.19. The second-order valence-electron chi connectivity index (χ2n) is 5.97. The first-order valence-electron chi connectivity index (χ1n) is 7.89. The smallest absolute Gasteiger partial charge is 0.343 e. The van der Waals surface area contributed by atoms with Crippen molar-refractivity contribution < 1.29 is 9.53 Å². The summed E-state index contributed by atoms with van der Waals surface area (Å²) in [7, 11) is 3.99. The number of anilines is 1. The Morgan fingerprint density at radius 2 is 1.84 bits per heavy atom. The van der Waals surface area contributed by atoms with Crippen molar-refractivity contribution in [1.29, 1.82) is 0 Å². The highest BCUT2D eigenvalue weighted by atomic mass is 32.1. The Morgan fingerprint density at radius 3 is 2.56 bits per heavy atom. The van der Waals surface area contributed by atoms with E-state index in [1.807, 2.05) is 73.6 Å². The van der Waals surface area contributed by atoms with E-state index in [2.05, 4.69) is 4.98 Å². The first-order valence-corrected chi connectivity index (χ1v) is 8.71. The minimum Gasteiger partial charge on any atom is -0.420 e.